The molecule has 4 rings (SSSR count). The van der Waals surface area contributed by atoms with Gasteiger partial charge in [-0.2, -0.15) is 0 Å². The second-order valence-electron chi connectivity index (χ2n) is 9.52. The van der Waals surface area contributed by atoms with E-state index in [0.717, 1.165) is 32.1 Å². The van der Waals surface area contributed by atoms with Crippen LogP contribution in [0, 0.1) is 5.92 Å². The number of aryl methyl sites for hydroxylation is 1. The van der Waals surface area contributed by atoms with Gasteiger partial charge in [-0.25, -0.2) is 0 Å². The first-order valence-electron chi connectivity index (χ1n) is 11.9. The zero-order chi connectivity index (χ0) is 22.1. The van der Waals surface area contributed by atoms with Gasteiger partial charge in [0.25, 0.3) is 0 Å². The minimum atomic E-state index is 0.320. The summed E-state index contributed by atoms with van der Waals surface area (Å²) in [7, 11) is 0. The number of benzene rings is 1. The Balaban J connectivity index is 1.76. The van der Waals surface area contributed by atoms with Crippen molar-refractivity contribution in [2.45, 2.75) is 65.7 Å². The summed E-state index contributed by atoms with van der Waals surface area (Å²) in [5.41, 5.74) is 14.0. The zero-order valence-electron chi connectivity index (χ0n) is 19.7. The molecule has 0 nitrogen and oxygen atoms in total. The Morgan fingerprint density at radius 3 is 2.39 bits per heavy atom. The van der Waals surface area contributed by atoms with E-state index in [1.807, 2.05) is 0 Å². The van der Waals surface area contributed by atoms with Crippen molar-refractivity contribution in [1.82, 2.24) is 0 Å². The van der Waals surface area contributed by atoms with Gasteiger partial charge in [0, 0.05) is 11.8 Å². The van der Waals surface area contributed by atoms with Gasteiger partial charge >= 0.3 is 0 Å². The van der Waals surface area contributed by atoms with E-state index in [4.69, 9.17) is 0 Å². The van der Waals surface area contributed by atoms with Gasteiger partial charge in [-0.1, -0.05) is 98.7 Å². The predicted molar refractivity (Wildman–Crippen MR) is 135 cm³/mol. The van der Waals surface area contributed by atoms with E-state index in [-0.39, 0.29) is 0 Å². The van der Waals surface area contributed by atoms with Crippen LogP contribution in [-0.4, -0.2) is 0 Å². The van der Waals surface area contributed by atoms with Gasteiger partial charge in [0.2, 0.25) is 0 Å². The molecule has 0 aliphatic heterocycles. The van der Waals surface area contributed by atoms with E-state index in [0.29, 0.717) is 11.8 Å². The van der Waals surface area contributed by atoms with Crippen LogP contribution >= 0.6 is 0 Å². The van der Waals surface area contributed by atoms with Crippen LogP contribution in [0.25, 0.3) is 0 Å². The lowest BCUT2D eigenvalue weighted by atomic mass is 9.69. The quantitative estimate of drug-likeness (QED) is 0.441. The Hall–Kier alpha value is -2.60. The molecule has 0 bridgehead atoms. The molecular formula is C31H36. The van der Waals surface area contributed by atoms with Crippen molar-refractivity contribution in [3.8, 4) is 0 Å². The van der Waals surface area contributed by atoms with Crippen molar-refractivity contribution in [2.24, 2.45) is 5.92 Å². The summed E-state index contributed by atoms with van der Waals surface area (Å²) in [6.45, 7) is 18.1. The van der Waals surface area contributed by atoms with Gasteiger partial charge in [0.05, 0.1) is 0 Å². The highest BCUT2D eigenvalue weighted by Gasteiger charge is 2.40. The molecule has 1 fully saturated rings. The Labute approximate surface area is 189 Å². The van der Waals surface area contributed by atoms with Crippen LogP contribution in [0.15, 0.2) is 106 Å². The van der Waals surface area contributed by atoms with Crippen LogP contribution in [-0.2, 0) is 6.42 Å². The summed E-state index contributed by atoms with van der Waals surface area (Å²) in [5.74, 6) is 0.669. The van der Waals surface area contributed by atoms with Crippen LogP contribution in [0.1, 0.15) is 70.4 Å². The lowest BCUT2D eigenvalue weighted by molar-refractivity contribution is 0.619. The zero-order valence-corrected chi connectivity index (χ0v) is 19.7. The molecule has 0 saturated heterocycles. The SMILES string of the molecule is C=C(CCC)C1=C(C)C=C2C/C(=C\C3=CC=C(C)C3)C(=C)C2C1c1ccc(CC)cc1. The molecule has 2 unspecified atom stereocenters. The average Bonchev–Trinajstić information content (AvgIpc) is 3.30. The number of rotatable bonds is 6. The smallest absolute Gasteiger partial charge is 0.0201 e. The fourth-order valence-electron chi connectivity index (χ4n) is 5.60. The molecular weight excluding hydrogens is 372 g/mol. The molecule has 2 atom stereocenters. The summed E-state index contributed by atoms with van der Waals surface area (Å²) in [6.07, 6.45) is 14.7. The second-order valence-corrected chi connectivity index (χ2v) is 9.52. The van der Waals surface area contributed by atoms with Crippen LogP contribution in [0.3, 0.4) is 0 Å². The third-order valence-corrected chi connectivity index (χ3v) is 7.16. The summed E-state index contributed by atoms with van der Waals surface area (Å²) >= 11 is 0. The van der Waals surface area contributed by atoms with Gasteiger partial charge in [-0.3, -0.25) is 0 Å². The monoisotopic (exact) mass is 408 g/mol. The maximum atomic E-state index is 4.65. The average molecular weight is 409 g/mol. The molecule has 1 aromatic carbocycles. The molecule has 1 saturated carbocycles. The molecule has 3 aliphatic carbocycles. The summed E-state index contributed by atoms with van der Waals surface area (Å²) in [5, 5.41) is 0. The molecule has 0 radical (unpaired) electrons. The topological polar surface area (TPSA) is 0 Å². The Bertz CT molecular complexity index is 1060. The molecule has 0 heterocycles. The largest absolute Gasteiger partial charge is 0.0955 e. The first-order chi connectivity index (χ1) is 14.9. The van der Waals surface area contributed by atoms with Gasteiger partial charge in [-0.05, 0) is 78.5 Å². The molecule has 1 aromatic rings. The number of hydrogen-bond donors (Lipinski definition) is 0. The van der Waals surface area contributed by atoms with E-state index >= 15 is 0 Å². The van der Waals surface area contributed by atoms with Crippen molar-refractivity contribution in [1.29, 1.82) is 0 Å². The first-order valence-corrected chi connectivity index (χ1v) is 11.9. The minimum absolute atomic E-state index is 0.320. The van der Waals surface area contributed by atoms with Crippen LogP contribution in [0.5, 0.6) is 0 Å². The van der Waals surface area contributed by atoms with Crippen LogP contribution in [0.4, 0.5) is 0 Å². The van der Waals surface area contributed by atoms with Crippen molar-refractivity contribution in [3.05, 3.63) is 117 Å². The van der Waals surface area contributed by atoms with Crippen LogP contribution < -0.4 is 0 Å². The van der Waals surface area contributed by atoms with Crippen molar-refractivity contribution >= 4 is 0 Å². The highest BCUT2D eigenvalue weighted by molar-refractivity contribution is 5.61. The third kappa shape index (κ3) is 4.13. The second kappa shape index (κ2) is 8.87. The Kier molecular flexibility index (Phi) is 6.19. The third-order valence-electron chi connectivity index (χ3n) is 7.16. The molecule has 0 aromatic heterocycles. The van der Waals surface area contributed by atoms with Crippen molar-refractivity contribution in [3.63, 3.8) is 0 Å². The lowest BCUT2D eigenvalue weighted by Crippen LogP contribution is -2.21. The Morgan fingerprint density at radius 1 is 1.03 bits per heavy atom. The van der Waals surface area contributed by atoms with Crippen LogP contribution in [0.2, 0.25) is 0 Å². The minimum Gasteiger partial charge on any atom is -0.0955 e. The predicted octanol–water partition coefficient (Wildman–Crippen LogP) is 8.72. The van der Waals surface area contributed by atoms with Gasteiger partial charge in [0.15, 0.2) is 0 Å². The molecule has 3 aliphatic rings. The van der Waals surface area contributed by atoms with E-state index in [1.165, 1.54) is 55.7 Å². The van der Waals surface area contributed by atoms with Gasteiger partial charge in [0.1, 0.15) is 0 Å². The summed E-state index contributed by atoms with van der Waals surface area (Å²) in [6, 6.07) is 9.30. The van der Waals surface area contributed by atoms with E-state index in [1.54, 1.807) is 0 Å². The highest BCUT2D eigenvalue weighted by Crippen LogP contribution is 2.55. The lowest BCUT2D eigenvalue weighted by Gasteiger charge is -2.34. The van der Waals surface area contributed by atoms with E-state index in [2.05, 4.69) is 89.4 Å². The fourth-order valence-corrected chi connectivity index (χ4v) is 5.60. The summed E-state index contributed by atoms with van der Waals surface area (Å²) in [4.78, 5) is 0. The van der Waals surface area contributed by atoms with E-state index < -0.39 is 0 Å². The summed E-state index contributed by atoms with van der Waals surface area (Å²) < 4.78 is 0. The van der Waals surface area contributed by atoms with Crippen molar-refractivity contribution in [2.75, 3.05) is 0 Å². The Morgan fingerprint density at radius 2 is 1.77 bits per heavy atom. The van der Waals surface area contributed by atoms with Gasteiger partial charge < -0.3 is 0 Å². The molecule has 31 heavy (non-hydrogen) atoms. The normalized spacial score (nSPS) is 24.3. The van der Waals surface area contributed by atoms with Gasteiger partial charge in [-0.15, -0.1) is 0 Å². The number of hydrogen-bond acceptors (Lipinski definition) is 0. The molecule has 0 amide bonds. The number of fused-ring (bicyclic) bond motifs is 1. The molecule has 0 spiro atoms. The maximum Gasteiger partial charge on any atom is 0.0201 e. The molecule has 0 heteroatoms. The highest BCUT2D eigenvalue weighted by atomic mass is 14.4. The maximum absolute atomic E-state index is 4.65. The number of allylic oxidation sites excluding steroid dienone is 12. The molecule has 160 valence electrons. The molecule has 0 N–H and O–H groups in total. The standard InChI is InChI=1S/C31H36/c1-7-9-21(4)29-22(5)17-28-19-27(18-25-11-10-20(3)16-25)23(6)30(28)31(29)26-14-12-24(8-2)13-15-26/h10-15,17-18,30-31H,4,6-9,16,19H2,1-3,5H3/b27-18+. The first kappa shape index (κ1) is 21.6. The fraction of sp³-hybridized carbons (Fsp3) is 0.355. The van der Waals surface area contributed by atoms with Crippen molar-refractivity contribution < 1.29 is 0 Å². The van der Waals surface area contributed by atoms with E-state index in [9.17, 15) is 0 Å².